The Labute approximate surface area is 189 Å². The van der Waals surface area contributed by atoms with Gasteiger partial charge < -0.3 is 5.73 Å². The lowest BCUT2D eigenvalue weighted by molar-refractivity contribution is -0.228. The number of rotatable bonds is 5. The molecule has 1 fully saturated rings. The Morgan fingerprint density at radius 1 is 1.18 bits per heavy atom. The summed E-state index contributed by atoms with van der Waals surface area (Å²) in [4.78, 5) is 14.0. The Kier molecular flexibility index (Phi) is 5.79. The molecule has 2 aromatic carbocycles. The van der Waals surface area contributed by atoms with Crippen molar-refractivity contribution in [3.8, 4) is 0 Å². The van der Waals surface area contributed by atoms with Crippen LogP contribution in [0.15, 0.2) is 42.5 Å². The van der Waals surface area contributed by atoms with Crippen molar-refractivity contribution in [1.82, 2.24) is 4.90 Å². The lowest BCUT2D eigenvalue weighted by atomic mass is 9.63. The quantitative estimate of drug-likeness (QED) is 0.634. The third-order valence-electron chi connectivity index (χ3n) is 7.60. The zero-order valence-corrected chi connectivity index (χ0v) is 18.6. The van der Waals surface area contributed by atoms with E-state index >= 15 is 0 Å². The van der Waals surface area contributed by atoms with Crippen molar-refractivity contribution < 1.29 is 26.7 Å². The number of nitrogens with two attached hydrogens (primary N) is 1. The number of benzene rings is 2. The van der Waals surface area contributed by atoms with Gasteiger partial charge in [-0.15, -0.1) is 0 Å². The summed E-state index contributed by atoms with van der Waals surface area (Å²) in [6, 6.07) is 9.77. The molecule has 2 N–H and O–H groups in total. The summed E-state index contributed by atoms with van der Waals surface area (Å²) in [7, 11) is 0. The van der Waals surface area contributed by atoms with Gasteiger partial charge in [0.05, 0.1) is 6.04 Å². The maximum Gasteiger partial charge on any atom is 0.426 e. The molecule has 33 heavy (non-hydrogen) atoms. The van der Waals surface area contributed by atoms with E-state index in [0.717, 1.165) is 11.1 Å². The third-order valence-corrected chi connectivity index (χ3v) is 7.60. The van der Waals surface area contributed by atoms with Crippen molar-refractivity contribution in [2.45, 2.75) is 68.9 Å². The molecule has 3 nitrogen and oxygen atoms in total. The van der Waals surface area contributed by atoms with Gasteiger partial charge in [0.2, 0.25) is 11.6 Å². The molecule has 0 bridgehead atoms. The number of carbonyl (C=O) groups excluding carboxylic acids is 1. The van der Waals surface area contributed by atoms with Crippen molar-refractivity contribution >= 4 is 5.91 Å². The molecule has 178 valence electrons. The molecule has 1 aliphatic heterocycles. The predicted molar refractivity (Wildman–Crippen MR) is 115 cm³/mol. The van der Waals surface area contributed by atoms with Gasteiger partial charge in [-0.2, -0.15) is 13.2 Å². The fourth-order valence-corrected chi connectivity index (χ4v) is 5.65. The highest BCUT2D eigenvalue weighted by Crippen LogP contribution is 2.51. The van der Waals surface area contributed by atoms with E-state index in [-0.39, 0.29) is 11.9 Å². The molecule has 0 aromatic heterocycles. The van der Waals surface area contributed by atoms with Crippen molar-refractivity contribution in [2.24, 2.45) is 5.73 Å². The fraction of sp³-hybridized carbons (Fsp3) is 0.480. The van der Waals surface area contributed by atoms with E-state index < -0.39 is 34.8 Å². The topological polar surface area (TPSA) is 46.3 Å². The number of halogens is 5. The summed E-state index contributed by atoms with van der Waals surface area (Å²) in [5.74, 6) is -0.793. The molecule has 4 rings (SSSR count). The molecular weight excluding hydrogens is 439 g/mol. The fourth-order valence-electron chi connectivity index (χ4n) is 5.65. The summed E-state index contributed by atoms with van der Waals surface area (Å²) in [5, 5.41) is 0. The van der Waals surface area contributed by atoms with E-state index in [1.807, 2.05) is 0 Å². The number of fused-ring (bicyclic) bond motifs is 3. The molecule has 0 saturated carbocycles. The molecule has 1 saturated heterocycles. The molecule has 0 radical (unpaired) electrons. The standard InChI is InChI=1S/C25H27F5N2O/c1-15(22(31)33)32-12-11-24(14-16-3-7-19(26)8-4-16)20-9-6-18(23(2,27)25(28,29)30)13-17(20)5-10-21(24)32/h3-4,6-9,13,15,21H,5,10-12,14H2,1-2H3,(H2,31,33)/t15?,21-,23?,24-/m1/s1. The molecule has 1 aliphatic carbocycles. The molecule has 2 aromatic rings. The van der Waals surface area contributed by atoms with Crippen LogP contribution in [0.4, 0.5) is 22.0 Å². The molecule has 2 aliphatic rings. The Bertz CT molecular complexity index is 1050. The number of likely N-dealkylation sites (tertiary alicyclic amines) is 1. The molecule has 2 unspecified atom stereocenters. The van der Waals surface area contributed by atoms with Gasteiger partial charge in [0.1, 0.15) is 5.82 Å². The molecule has 1 heterocycles. The average Bonchev–Trinajstić information content (AvgIpc) is 3.12. The van der Waals surface area contributed by atoms with Gasteiger partial charge in [0.25, 0.3) is 0 Å². The summed E-state index contributed by atoms with van der Waals surface area (Å²) in [5.41, 5.74) is 3.65. The Morgan fingerprint density at radius 3 is 2.45 bits per heavy atom. The van der Waals surface area contributed by atoms with Crippen LogP contribution in [0.1, 0.15) is 48.9 Å². The van der Waals surface area contributed by atoms with Gasteiger partial charge >= 0.3 is 6.18 Å². The van der Waals surface area contributed by atoms with Crippen LogP contribution in [0.3, 0.4) is 0 Å². The van der Waals surface area contributed by atoms with Gasteiger partial charge in [-0.05, 0) is 73.9 Å². The number of alkyl halides is 4. The lowest BCUT2D eigenvalue weighted by Gasteiger charge is -2.45. The van der Waals surface area contributed by atoms with Gasteiger partial charge in [0, 0.05) is 18.0 Å². The first-order chi connectivity index (χ1) is 15.4. The van der Waals surface area contributed by atoms with Gasteiger partial charge in [-0.25, -0.2) is 8.78 Å². The summed E-state index contributed by atoms with van der Waals surface area (Å²) >= 11 is 0. The number of hydrogen-bond acceptors (Lipinski definition) is 2. The van der Waals surface area contributed by atoms with E-state index in [4.69, 9.17) is 5.73 Å². The summed E-state index contributed by atoms with van der Waals surface area (Å²) < 4.78 is 68.1. The van der Waals surface area contributed by atoms with Crippen LogP contribution in [0, 0.1) is 5.82 Å². The zero-order valence-electron chi connectivity index (χ0n) is 18.6. The SMILES string of the molecule is CC(C(N)=O)N1CC[C@@]2(Cc3ccc(F)cc3)c3ccc(C(C)(F)C(F)(F)F)cc3CC[C@@H]12. The molecule has 0 spiro atoms. The average molecular weight is 466 g/mol. The number of primary amides is 1. The van der Waals surface area contributed by atoms with Gasteiger partial charge in [0.15, 0.2) is 0 Å². The van der Waals surface area contributed by atoms with E-state index in [0.29, 0.717) is 44.7 Å². The summed E-state index contributed by atoms with van der Waals surface area (Å²) in [6.07, 6.45) is -2.77. The van der Waals surface area contributed by atoms with E-state index in [1.54, 1.807) is 25.1 Å². The van der Waals surface area contributed by atoms with E-state index in [2.05, 4.69) is 4.90 Å². The van der Waals surface area contributed by atoms with Crippen molar-refractivity contribution in [1.29, 1.82) is 0 Å². The second-order valence-corrected chi connectivity index (χ2v) is 9.45. The number of amides is 1. The van der Waals surface area contributed by atoms with Crippen LogP contribution in [-0.2, 0) is 28.7 Å². The Hall–Kier alpha value is -2.48. The zero-order chi connectivity index (χ0) is 24.2. The number of carbonyl (C=O) groups is 1. The van der Waals surface area contributed by atoms with E-state index in [9.17, 15) is 26.7 Å². The molecular formula is C25H27F5N2O. The monoisotopic (exact) mass is 466 g/mol. The minimum absolute atomic E-state index is 0.0669. The van der Waals surface area contributed by atoms with Crippen LogP contribution in [0.5, 0.6) is 0 Å². The number of hydrogen-bond donors (Lipinski definition) is 1. The van der Waals surface area contributed by atoms with Crippen LogP contribution >= 0.6 is 0 Å². The highest BCUT2D eigenvalue weighted by Gasteiger charge is 2.55. The highest BCUT2D eigenvalue weighted by molar-refractivity contribution is 5.79. The molecule has 1 amide bonds. The second kappa shape index (κ2) is 8.08. The normalized spacial score (nSPS) is 25.7. The van der Waals surface area contributed by atoms with Crippen molar-refractivity contribution in [3.05, 3.63) is 70.5 Å². The minimum Gasteiger partial charge on any atom is -0.368 e. The second-order valence-electron chi connectivity index (χ2n) is 9.45. The predicted octanol–water partition coefficient (Wildman–Crippen LogP) is 4.95. The number of aryl methyl sites for hydroxylation is 1. The highest BCUT2D eigenvalue weighted by atomic mass is 19.4. The minimum atomic E-state index is -5.02. The van der Waals surface area contributed by atoms with Gasteiger partial charge in [-0.1, -0.05) is 30.3 Å². The van der Waals surface area contributed by atoms with E-state index in [1.165, 1.54) is 24.3 Å². The molecule has 8 heteroatoms. The first-order valence-electron chi connectivity index (χ1n) is 11.1. The summed E-state index contributed by atoms with van der Waals surface area (Å²) in [6.45, 7) is 2.90. The first kappa shape index (κ1) is 23.7. The maximum absolute atomic E-state index is 14.7. The van der Waals surface area contributed by atoms with Crippen molar-refractivity contribution in [2.75, 3.05) is 6.54 Å². The first-order valence-corrected chi connectivity index (χ1v) is 11.1. The Balaban J connectivity index is 1.81. The largest absolute Gasteiger partial charge is 0.426 e. The van der Waals surface area contributed by atoms with Crippen LogP contribution in [0.25, 0.3) is 0 Å². The van der Waals surface area contributed by atoms with Crippen LogP contribution in [0.2, 0.25) is 0 Å². The lowest BCUT2D eigenvalue weighted by Crippen LogP contribution is -2.52. The van der Waals surface area contributed by atoms with Crippen LogP contribution < -0.4 is 5.73 Å². The smallest absolute Gasteiger partial charge is 0.368 e. The maximum atomic E-state index is 14.7. The van der Waals surface area contributed by atoms with Crippen LogP contribution in [-0.4, -0.2) is 35.6 Å². The third kappa shape index (κ3) is 3.92. The van der Waals surface area contributed by atoms with Crippen molar-refractivity contribution in [3.63, 3.8) is 0 Å². The Morgan fingerprint density at radius 2 is 1.85 bits per heavy atom. The molecule has 4 atom stereocenters. The van der Waals surface area contributed by atoms with Gasteiger partial charge in [-0.3, -0.25) is 9.69 Å². The number of nitrogens with zero attached hydrogens (tertiary/aromatic N) is 1.